The summed E-state index contributed by atoms with van der Waals surface area (Å²) >= 11 is 0. The second-order valence-electron chi connectivity index (χ2n) is 4.85. The molecule has 1 aliphatic carbocycles. The van der Waals surface area contributed by atoms with Crippen LogP contribution in [0.5, 0.6) is 0 Å². The number of ketones is 2. The number of para-hydroxylation sites is 1. The molecule has 0 saturated carbocycles. The Bertz CT molecular complexity index is 745. The van der Waals surface area contributed by atoms with Gasteiger partial charge >= 0.3 is 0 Å². The number of carbonyl (C=O) groups excluding carboxylic acids is 2. The molecule has 0 unspecified atom stereocenters. The molecular formula is C15H13N3O3. The lowest BCUT2D eigenvalue weighted by Gasteiger charge is -2.15. The first-order chi connectivity index (χ1) is 10.1. The van der Waals surface area contributed by atoms with Crippen LogP contribution in [0.25, 0.3) is 0 Å². The third-order valence-electron chi connectivity index (χ3n) is 3.11. The fourth-order valence-electron chi connectivity index (χ4n) is 2.13. The third kappa shape index (κ3) is 2.20. The summed E-state index contributed by atoms with van der Waals surface area (Å²) in [7, 11) is 3.45. The lowest BCUT2D eigenvalue weighted by molar-refractivity contribution is 0.0983. The zero-order valence-corrected chi connectivity index (χ0v) is 11.6. The number of carbonyl (C=O) groups is 2. The van der Waals surface area contributed by atoms with Crippen molar-refractivity contribution in [3.05, 3.63) is 53.4 Å². The van der Waals surface area contributed by atoms with Crippen LogP contribution in [0.3, 0.4) is 0 Å². The first-order valence-corrected chi connectivity index (χ1v) is 6.37. The topological polar surface area (TPSA) is 75.4 Å². The van der Waals surface area contributed by atoms with E-state index in [-0.39, 0.29) is 34.4 Å². The number of aromatic nitrogens is 1. The summed E-state index contributed by atoms with van der Waals surface area (Å²) in [6.07, 6.45) is 1.25. The van der Waals surface area contributed by atoms with Gasteiger partial charge in [0.1, 0.15) is 5.56 Å². The predicted octanol–water partition coefficient (Wildman–Crippen LogP) is 2.12. The highest BCUT2D eigenvalue weighted by Gasteiger charge is 2.34. The van der Waals surface area contributed by atoms with Crippen molar-refractivity contribution in [1.82, 2.24) is 5.16 Å². The zero-order valence-electron chi connectivity index (χ0n) is 11.6. The first kappa shape index (κ1) is 13.1. The number of allylic oxidation sites excluding steroid dienone is 2. The Kier molecular flexibility index (Phi) is 3.06. The van der Waals surface area contributed by atoms with Gasteiger partial charge in [0.25, 0.3) is 0 Å². The van der Waals surface area contributed by atoms with Gasteiger partial charge in [0.05, 0.1) is 5.70 Å². The summed E-state index contributed by atoms with van der Waals surface area (Å²) in [6, 6.07) is 9.18. The van der Waals surface area contributed by atoms with Crippen LogP contribution in [0.1, 0.15) is 20.8 Å². The Morgan fingerprint density at radius 1 is 1.14 bits per heavy atom. The van der Waals surface area contributed by atoms with Gasteiger partial charge in [0, 0.05) is 25.9 Å². The van der Waals surface area contributed by atoms with Gasteiger partial charge in [0.15, 0.2) is 5.69 Å². The molecule has 1 N–H and O–H groups in total. The fraction of sp³-hybridized carbons (Fsp3) is 0.133. The SMILES string of the molecule is CN(C)c1onc2c1C(=O)C(Nc1ccccc1)=CC2=O. The normalized spacial score (nSPS) is 13.7. The van der Waals surface area contributed by atoms with Crippen LogP contribution in [-0.4, -0.2) is 30.8 Å². The molecule has 0 aliphatic heterocycles. The van der Waals surface area contributed by atoms with Gasteiger partial charge in [-0.25, -0.2) is 0 Å². The van der Waals surface area contributed by atoms with E-state index in [1.54, 1.807) is 19.0 Å². The molecule has 0 spiro atoms. The lowest BCUT2D eigenvalue weighted by Crippen LogP contribution is -2.23. The van der Waals surface area contributed by atoms with E-state index in [2.05, 4.69) is 10.5 Å². The molecule has 1 aromatic carbocycles. The van der Waals surface area contributed by atoms with Crippen LogP contribution in [0.2, 0.25) is 0 Å². The zero-order chi connectivity index (χ0) is 15.0. The van der Waals surface area contributed by atoms with Crippen molar-refractivity contribution in [2.75, 3.05) is 24.3 Å². The summed E-state index contributed by atoms with van der Waals surface area (Å²) < 4.78 is 5.09. The van der Waals surface area contributed by atoms with Gasteiger partial charge in [-0.2, -0.15) is 0 Å². The van der Waals surface area contributed by atoms with Gasteiger partial charge < -0.3 is 14.7 Å². The molecule has 0 amide bonds. The van der Waals surface area contributed by atoms with Crippen LogP contribution in [0.15, 0.2) is 46.6 Å². The number of hydrogen-bond donors (Lipinski definition) is 1. The first-order valence-electron chi connectivity index (χ1n) is 6.37. The molecule has 0 fully saturated rings. The fourth-order valence-corrected chi connectivity index (χ4v) is 2.13. The van der Waals surface area contributed by atoms with Gasteiger partial charge in [-0.05, 0) is 12.1 Å². The number of nitrogens with one attached hydrogen (secondary N) is 1. The minimum atomic E-state index is -0.347. The number of hydrogen-bond acceptors (Lipinski definition) is 6. The number of benzene rings is 1. The molecule has 0 bridgehead atoms. The van der Waals surface area contributed by atoms with Crippen LogP contribution in [0, 0.1) is 0 Å². The Hall–Kier alpha value is -2.89. The number of nitrogens with zero attached hydrogens (tertiary/aromatic N) is 2. The van der Waals surface area contributed by atoms with E-state index in [1.807, 2.05) is 30.3 Å². The summed E-state index contributed by atoms with van der Waals surface area (Å²) in [5.41, 5.74) is 1.20. The molecule has 3 rings (SSSR count). The van der Waals surface area contributed by atoms with Crippen LogP contribution in [0.4, 0.5) is 11.6 Å². The quantitative estimate of drug-likeness (QED) is 0.930. The van der Waals surface area contributed by atoms with E-state index in [0.29, 0.717) is 0 Å². The summed E-state index contributed by atoms with van der Waals surface area (Å²) in [5.74, 6) is -0.373. The van der Waals surface area contributed by atoms with E-state index in [1.165, 1.54) is 6.08 Å². The van der Waals surface area contributed by atoms with Crippen molar-refractivity contribution >= 4 is 23.1 Å². The average Bonchev–Trinajstić information content (AvgIpc) is 2.91. The number of rotatable bonds is 3. The highest BCUT2D eigenvalue weighted by molar-refractivity contribution is 6.26. The molecule has 2 aromatic rings. The van der Waals surface area contributed by atoms with Crippen molar-refractivity contribution in [3.8, 4) is 0 Å². The van der Waals surface area contributed by atoms with E-state index < -0.39 is 0 Å². The molecule has 6 heteroatoms. The molecule has 6 nitrogen and oxygen atoms in total. The summed E-state index contributed by atoms with van der Waals surface area (Å²) in [4.78, 5) is 26.2. The maximum absolute atomic E-state index is 12.5. The maximum Gasteiger partial charge on any atom is 0.238 e. The predicted molar refractivity (Wildman–Crippen MR) is 77.6 cm³/mol. The van der Waals surface area contributed by atoms with Crippen molar-refractivity contribution < 1.29 is 14.1 Å². The Balaban J connectivity index is 2.00. The molecule has 0 saturated heterocycles. The van der Waals surface area contributed by atoms with Gasteiger partial charge in [-0.1, -0.05) is 23.4 Å². The molecule has 21 heavy (non-hydrogen) atoms. The minimum Gasteiger partial charge on any atom is -0.352 e. The second kappa shape index (κ2) is 4.90. The van der Waals surface area contributed by atoms with Crippen molar-refractivity contribution in [2.45, 2.75) is 0 Å². The van der Waals surface area contributed by atoms with E-state index in [4.69, 9.17) is 4.52 Å². The Morgan fingerprint density at radius 2 is 1.86 bits per heavy atom. The maximum atomic E-state index is 12.5. The van der Waals surface area contributed by atoms with E-state index >= 15 is 0 Å². The van der Waals surface area contributed by atoms with Crippen LogP contribution in [-0.2, 0) is 0 Å². The molecule has 0 atom stereocenters. The summed E-state index contributed by atoms with van der Waals surface area (Å²) in [6.45, 7) is 0. The van der Waals surface area contributed by atoms with Crippen molar-refractivity contribution in [3.63, 3.8) is 0 Å². The number of Topliss-reactive ketones (excluding diaryl/α,β-unsaturated/α-hetero) is 1. The standard InChI is InChI=1S/C15H13N3O3/c1-18(2)15-12-13(17-21-15)11(19)8-10(14(12)20)16-9-6-4-3-5-7-9/h3-8,16H,1-2H3. The lowest BCUT2D eigenvalue weighted by atomic mass is 9.98. The largest absolute Gasteiger partial charge is 0.352 e. The summed E-state index contributed by atoms with van der Waals surface area (Å²) in [5, 5.41) is 6.65. The molecule has 1 heterocycles. The number of anilines is 2. The van der Waals surface area contributed by atoms with Gasteiger partial charge in [0.2, 0.25) is 17.5 Å². The number of fused-ring (bicyclic) bond motifs is 1. The second-order valence-corrected chi connectivity index (χ2v) is 4.85. The minimum absolute atomic E-state index is 0.0577. The van der Waals surface area contributed by atoms with Gasteiger partial charge in [-0.15, -0.1) is 0 Å². The molecule has 106 valence electrons. The smallest absolute Gasteiger partial charge is 0.238 e. The molecule has 0 radical (unpaired) electrons. The monoisotopic (exact) mass is 283 g/mol. The molecule has 1 aliphatic rings. The molecule has 1 aromatic heterocycles. The van der Waals surface area contributed by atoms with E-state index in [0.717, 1.165) is 5.69 Å². The van der Waals surface area contributed by atoms with Crippen LogP contribution < -0.4 is 10.2 Å². The van der Waals surface area contributed by atoms with Crippen LogP contribution >= 0.6 is 0 Å². The highest BCUT2D eigenvalue weighted by Crippen LogP contribution is 2.29. The highest BCUT2D eigenvalue weighted by atomic mass is 16.5. The van der Waals surface area contributed by atoms with Gasteiger partial charge in [-0.3, -0.25) is 9.59 Å². The van der Waals surface area contributed by atoms with E-state index in [9.17, 15) is 9.59 Å². The Morgan fingerprint density at radius 3 is 2.52 bits per heavy atom. The van der Waals surface area contributed by atoms with Crippen molar-refractivity contribution in [1.29, 1.82) is 0 Å². The Labute approximate surface area is 121 Å². The molecular weight excluding hydrogens is 270 g/mol. The van der Waals surface area contributed by atoms with Crippen molar-refractivity contribution in [2.24, 2.45) is 0 Å². The third-order valence-corrected chi connectivity index (χ3v) is 3.11. The average molecular weight is 283 g/mol.